The molecule has 3 aromatic heterocycles. The lowest BCUT2D eigenvalue weighted by molar-refractivity contribution is -0.122. The molecule has 0 saturated carbocycles. The van der Waals surface area contributed by atoms with Gasteiger partial charge in [-0.1, -0.05) is 19.0 Å². The maximum absolute atomic E-state index is 12.3. The smallest absolute Gasteiger partial charge is 0.272 e. The Labute approximate surface area is 144 Å². The van der Waals surface area contributed by atoms with E-state index in [1.54, 1.807) is 18.3 Å². The Morgan fingerprint density at radius 1 is 1.40 bits per heavy atom. The van der Waals surface area contributed by atoms with Gasteiger partial charge >= 0.3 is 0 Å². The zero-order valence-corrected chi connectivity index (χ0v) is 14.4. The monoisotopic (exact) mass is 343 g/mol. The Morgan fingerprint density at radius 3 is 2.88 bits per heavy atom. The first-order valence-electron chi connectivity index (χ1n) is 8.22. The first-order chi connectivity index (χ1) is 11.9. The molecular formula is C17H21N5O3. The molecule has 0 radical (unpaired) electrons. The number of hydrogen-bond donors (Lipinski definition) is 2. The van der Waals surface area contributed by atoms with Gasteiger partial charge in [-0.3, -0.25) is 14.7 Å². The molecule has 3 aromatic rings. The Kier molecular flexibility index (Phi) is 4.69. The number of aryl methyl sites for hydroxylation is 2. The molecule has 132 valence electrons. The van der Waals surface area contributed by atoms with Crippen LogP contribution in [0.25, 0.3) is 5.65 Å². The molecule has 0 fully saturated rings. The van der Waals surface area contributed by atoms with Gasteiger partial charge in [0.05, 0.1) is 17.9 Å². The number of aromatic nitrogens is 4. The largest absolute Gasteiger partial charge is 0.361 e. The van der Waals surface area contributed by atoms with E-state index < -0.39 is 0 Å². The van der Waals surface area contributed by atoms with E-state index in [-0.39, 0.29) is 29.8 Å². The van der Waals surface area contributed by atoms with E-state index in [0.29, 0.717) is 23.5 Å². The summed E-state index contributed by atoms with van der Waals surface area (Å²) in [6.07, 6.45) is 2.31. The van der Waals surface area contributed by atoms with Crippen LogP contribution in [0.5, 0.6) is 0 Å². The van der Waals surface area contributed by atoms with Gasteiger partial charge in [0, 0.05) is 36.7 Å². The van der Waals surface area contributed by atoms with Gasteiger partial charge in [-0.15, -0.1) is 0 Å². The van der Waals surface area contributed by atoms with Crippen molar-refractivity contribution in [2.24, 2.45) is 5.92 Å². The van der Waals surface area contributed by atoms with E-state index in [4.69, 9.17) is 4.52 Å². The number of hydrogen-bond acceptors (Lipinski definition) is 5. The summed E-state index contributed by atoms with van der Waals surface area (Å²) in [7, 11) is 0. The highest BCUT2D eigenvalue weighted by atomic mass is 16.5. The van der Waals surface area contributed by atoms with Crippen molar-refractivity contribution < 1.29 is 9.32 Å². The highest BCUT2D eigenvalue weighted by Gasteiger charge is 2.21. The number of rotatable bonds is 6. The molecule has 1 amide bonds. The fourth-order valence-corrected chi connectivity index (χ4v) is 2.72. The Balaban J connectivity index is 1.78. The first-order valence-corrected chi connectivity index (χ1v) is 8.22. The maximum atomic E-state index is 12.3. The lowest BCUT2D eigenvalue weighted by Gasteiger charge is -2.21. The van der Waals surface area contributed by atoms with Crippen LogP contribution in [0.1, 0.15) is 43.5 Å². The molecule has 0 bridgehead atoms. The molecule has 3 rings (SSSR count). The Morgan fingerprint density at radius 2 is 2.20 bits per heavy atom. The average molecular weight is 343 g/mol. The van der Waals surface area contributed by atoms with Crippen molar-refractivity contribution in [2.45, 2.75) is 39.7 Å². The van der Waals surface area contributed by atoms with E-state index in [1.165, 1.54) is 10.6 Å². The van der Waals surface area contributed by atoms with E-state index in [9.17, 15) is 9.59 Å². The molecule has 0 aromatic carbocycles. The minimum Gasteiger partial charge on any atom is -0.361 e. The molecule has 0 aliphatic carbocycles. The summed E-state index contributed by atoms with van der Waals surface area (Å²) >= 11 is 0. The number of aromatic amines is 1. The molecule has 25 heavy (non-hydrogen) atoms. The molecular weight excluding hydrogens is 322 g/mol. The van der Waals surface area contributed by atoms with Crippen LogP contribution in [0, 0.1) is 12.8 Å². The summed E-state index contributed by atoms with van der Waals surface area (Å²) in [5, 5.41) is 9.53. The van der Waals surface area contributed by atoms with Crippen LogP contribution < -0.4 is 10.9 Å². The van der Waals surface area contributed by atoms with E-state index in [2.05, 4.69) is 20.6 Å². The standard InChI is InChI=1S/C17H21N5O3/c1-10(2)17(20-15(23)5-4-12-6-7-18-25-12)13-9-16(24)22-14(19-13)8-11(3)21-22/h6-10,17,21H,4-5H2,1-3H3,(H,20,23)/t17-/m1/s1. The Bertz CT molecular complexity index is 924. The van der Waals surface area contributed by atoms with E-state index in [0.717, 1.165) is 5.69 Å². The van der Waals surface area contributed by atoms with Gasteiger partial charge in [0.15, 0.2) is 5.65 Å². The number of nitrogens with one attached hydrogen (secondary N) is 2. The van der Waals surface area contributed by atoms with E-state index in [1.807, 2.05) is 20.8 Å². The van der Waals surface area contributed by atoms with Crippen LogP contribution in [0.2, 0.25) is 0 Å². The number of carbonyl (C=O) groups excluding carboxylic acids is 1. The van der Waals surface area contributed by atoms with Gasteiger partial charge in [-0.25, -0.2) is 9.50 Å². The number of nitrogens with zero attached hydrogens (tertiary/aromatic N) is 3. The van der Waals surface area contributed by atoms with Crippen LogP contribution >= 0.6 is 0 Å². The Hall–Kier alpha value is -2.90. The van der Waals surface area contributed by atoms with Crippen molar-refractivity contribution in [1.82, 2.24) is 25.1 Å². The third kappa shape index (κ3) is 3.78. The van der Waals surface area contributed by atoms with Crippen molar-refractivity contribution in [3.05, 3.63) is 51.9 Å². The average Bonchev–Trinajstić information content (AvgIpc) is 3.19. The van der Waals surface area contributed by atoms with Gasteiger partial charge in [0.2, 0.25) is 5.91 Å². The van der Waals surface area contributed by atoms with Gasteiger partial charge in [-0.05, 0) is 12.8 Å². The van der Waals surface area contributed by atoms with Crippen molar-refractivity contribution in [3.63, 3.8) is 0 Å². The van der Waals surface area contributed by atoms with Crippen LogP contribution in [0.3, 0.4) is 0 Å². The molecule has 8 nitrogen and oxygen atoms in total. The predicted octanol–water partition coefficient (Wildman–Crippen LogP) is 1.77. The summed E-state index contributed by atoms with van der Waals surface area (Å²) in [6.45, 7) is 5.82. The summed E-state index contributed by atoms with van der Waals surface area (Å²) in [5.74, 6) is 0.628. The van der Waals surface area contributed by atoms with Gasteiger partial charge < -0.3 is 9.84 Å². The topological polar surface area (TPSA) is 105 Å². The van der Waals surface area contributed by atoms with Crippen LogP contribution in [0.15, 0.2) is 33.7 Å². The fraction of sp³-hybridized carbons (Fsp3) is 0.412. The summed E-state index contributed by atoms with van der Waals surface area (Å²) in [6, 6.07) is 4.66. The molecule has 8 heteroatoms. The molecule has 2 N–H and O–H groups in total. The van der Waals surface area contributed by atoms with Gasteiger partial charge in [0.1, 0.15) is 5.76 Å². The molecule has 0 saturated heterocycles. The predicted molar refractivity (Wildman–Crippen MR) is 91.1 cm³/mol. The van der Waals surface area contributed by atoms with Crippen molar-refractivity contribution in [1.29, 1.82) is 0 Å². The summed E-state index contributed by atoms with van der Waals surface area (Å²) in [4.78, 5) is 29.1. The van der Waals surface area contributed by atoms with Crippen molar-refractivity contribution in [2.75, 3.05) is 0 Å². The maximum Gasteiger partial charge on any atom is 0.272 e. The molecule has 0 aliphatic rings. The lowest BCUT2D eigenvalue weighted by Crippen LogP contribution is -2.33. The SMILES string of the molecule is Cc1cc2nc([C@H](NC(=O)CCc3ccno3)C(C)C)cc(=O)n2[nH]1. The molecule has 0 unspecified atom stereocenters. The fourth-order valence-electron chi connectivity index (χ4n) is 2.72. The number of fused-ring (bicyclic) bond motifs is 1. The van der Waals surface area contributed by atoms with Crippen LogP contribution in [-0.4, -0.2) is 25.7 Å². The molecule has 1 atom stereocenters. The first kappa shape index (κ1) is 16.9. The third-order valence-electron chi connectivity index (χ3n) is 3.99. The van der Waals surface area contributed by atoms with Gasteiger partial charge in [-0.2, -0.15) is 0 Å². The second-order valence-electron chi connectivity index (χ2n) is 6.42. The highest BCUT2D eigenvalue weighted by molar-refractivity contribution is 5.76. The van der Waals surface area contributed by atoms with Gasteiger partial charge in [0.25, 0.3) is 5.56 Å². The molecule has 0 aliphatic heterocycles. The van der Waals surface area contributed by atoms with E-state index >= 15 is 0 Å². The number of amides is 1. The molecule has 3 heterocycles. The highest BCUT2D eigenvalue weighted by Crippen LogP contribution is 2.20. The quantitative estimate of drug-likeness (QED) is 0.709. The third-order valence-corrected chi connectivity index (χ3v) is 3.99. The summed E-state index contributed by atoms with van der Waals surface area (Å²) in [5.41, 5.74) is 1.75. The zero-order chi connectivity index (χ0) is 18.0. The second-order valence-corrected chi connectivity index (χ2v) is 6.42. The number of H-pyrrole nitrogens is 1. The molecule has 0 spiro atoms. The van der Waals surface area contributed by atoms with Crippen LogP contribution in [0.4, 0.5) is 0 Å². The summed E-state index contributed by atoms with van der Waals surface area (Å²) < 4.78 is 6.39. The van der Waals surface area contributed by atoms with Crippen molar-refractivity contribution in [3.8, 4) is 0 Å². The lowest BCUT2D eigenvalue weighted by atomic mass is 10.00. The minimum atomic E-state index is -0.338. The van der Waals surface area contributed by atoms with Crippen LogP contribution in [-0.2, 0) is 11.2 Å². The van der Waals surface area contributed by atoms with Crippen molar-refractivity contribution >= 4 is 11.6 Å². The second kappa shape index (κ2) is 6.92. The zero-order valence-electron chi connectivity index (χ0n) is 14.4. The normalized spacial score (nSPS) is 12.6. The number of carbonyl (C=O) groups is 1. The minimum absolute atomic E-state index is 0.0867.